The molecule has 1 aromatic carbocycles. The smallest absolute Gasteiger partial charge is 0.253 e. The molecule has 21 heavy (non-hydrogen) atoms. The van der Waals surface area contributed by atoms with Crippen molar-refractivity contribution in [3.8, 4) is 0 Å². The summed E-state index contributed by atoms with van der Waals surface area (Å²) in [6.07, 6.45) is 3.47. The Balaban J connectivity index is 1.69. The van der Waals surface area contributed by atoms with E-state index in [1.165, 1.54) is 12.1 Å². The quantitative estimate of drug-likeness (QED) is 0.902. The molecule has 1 aromatic rings. The van der Waals surface area contributed by atoms with Crippen molar-refractivity contribution in [1.29, 1.82) is 0 Å². The van der Waals surface area contributed by atoms with E-state index in [9.17, 15) is 14.3 Å². The molecule has 0 radical (unpaired) electrons. The third-order valence-electron chi connectivity index (χ3n) is 4.55. The number of rotatable bonds is 3. The highest BCUT2D eigenvalue weighted by Crippen LogP contribution is 2.36. The van der Waals surface area contributed by atoms with Gasteiger partial charge in [-0.1, -0.05) is 18.6 Å². The number of amides is 1. The van der Waals surface area contributed by atoms with Gasteiger partial charge < -0.3 is 10.4 Å². The minimum Gasteiger partial charge on any atom is -0.379 e. The highest BCUT2D eigenvalue weighted by Gasteiger charge is 2.41. The molecule has 2 aliphatic rings. The first-order valence-electron chi connectivity index (χ1n) is 7.45. The van der Waals surface area contributed by atoms with Crippen molar-refractivity contribution in [1.82, 2.24) is 5.32 Å². The summed E-state index contributed by atoms with van der Waals surface area (Å²) in [7, 11) is 0. The number of nitrogens with one attached hydrogen (secondary N) is 1. The van der Waals surface area contributed by atoms with Gasteiger partial charge in [-0.15, -0.1) is 0 Å². The van der Waals surface area contributed by atoms with Gasteiger partial charge in [0.15, 0.2) is 5.60 Å². The van der Waals surface area contributed by atoms with Gasteiger partial charge in [0.1, 0.15) is 5.82 Å². The zero-order valence-corrected chi connectivity index (χ0v) is 12.7. The highest BCUT2D eigenvalue weighted by molar-refractivity contribution is 7.99. The van der Waals surface area contributed by atoms with Gasteiger partial charge in [-0.05, 0) is 42.7 Å². The number of benzene rings is 1. The highest BCUT2D eigenvalue weighted by atomic mass is 32.2. The fraction of sp³-hybridized carbons (Fsp3) is 0.562. The van der Waals surface area contributed by atoms with E-state index in [2.05, 4.69) is 5.32 Å². The molecule has 3 rings (SSSR count). The summed E-state index contributed by atoms with van der Waals surface area (Å²) in [5, 5.41) is 13.4. The van der Waals surface area contributed by atoms with E-state index in [-0.39, 0.29) is 23.7 Å². The fourth-order valence-electron chi connectivity index (χ4n) is 3.28. The molecule has 0 aromatic heterocycles. The third-order valence-corrected chi connectivity index (χ3v) is 5.73. The molecule has 1 saturated heterocycles. The lowest BCUT2D eigenvalue weighted by Crippen LogP contribution is -2.51. The summed E-state index contributed by atoms with van der Waals surface area (Å²) in [4.78, 5) is 12.3. The topological polar surface area (TPSA) is 49.3 Å². The van der Waals surface area contributed by atoms with Crippen molar-refractivity contribution in [2.45, 2.75) is 43.2 Å². The van der Waals surface area contributed by atoms with Gasteiger partial charge in [-0.25, -0.2) is 4.39 Å². The predicted molar refractivity (Wildman–Crippen MR) is 81.8 cm³/mol. The Bertz CT molecular complexity index is 514. The Hall–Kier alpha value is -1.07. The Morgan fingerprint density at radius 3 is 2.76 bits per heavy atom. The number of halogens is 1. The largest absolute Gasteiger partial charge is 0.379 e. The zero-order valence-electron chi connectivity index (χ0n) is 11.8. The number of carbonyl (C=O) groups is 1. The number of hydrogen-bond acceptors (Lipinski definition) is 3. The van der Waals surface area contributed by atoms with Crippen LogP contribution in [0, 0.1) is 5.82 Å². The van der Waals surface area contributed by atoms with Crippen LogP contribution in [0.1, 0.15) is 37.2 Å². The van der Waals surface area contributed by atoms with Crippen molar-refractivity contribution in [2.24, 2.45) is 0 Å². The van der Waals surface area contributed by atoms with Crippen molar-refractivity contribution in [3.63, 3.8) is 0 Å². The Morgan fingerprint density at radius 2 is 2.10 bits per heavy atom. The van der Waals surface area contributed by atoms with Crippen LogP contribution in [0.3, 0.4) is 0 Å². The second-order valence-corrected chi connectivity index (χ2v) is 7.11. The van der Waals surface area contributed by atoms with Gasteiger partial charge >= 0.3 is 0 Å². The molecule has 1 saturated carbocycles. The average Bonchev–Trinajstić information content (AvgIpc) is 3.10. The minimum atomic E-state index is -1.21. The van der Waals surface area contributed by atoms with Crippen LogP contribution in [-0.2, 0) is 4.79 Å². The lowest BCUT2D eigenvalue weighted by atomic mass is 9.93. The van der Waals surface area contributed by atoms with Crippen LogP contribution in [0.25, 0.3) is 0 Å². The van der Waals surface area contributed by atoms with Crippen LogP contribution >= 0.6 is 11.8 Å². The average molecular weight is 309 g/mol. The molecular formula is C16H20FNO2S. The van der Waals surface area contributed by atoms with E-state index in [1.54, 1.807) is 23.9 Å². The molecule has 3 atom stereocenters. The van der Waals surface area contributed by atoms with E-state index >= 15 is 0 Å². The summed E-state index contributed by atoms with van der Waals surface area (Å²) in [6, 6.07) is 6.56. The number of carbonyl (C=O) groups excluding carboxylic acids is 1. The molecule has 5 heteroatoms. The SMILES string of the molecule is O=C(NC1CCCC1c1ccc(F)cc1)C1(O)CCSC1. The standard InChI is InChI=1S/C16H20FNO2S/c17-12-6-4-11(5-7-12)13-2-1-3-14(13)18-15(19)16(20)8-9-21-10-16/h4-7,13-14,20H,1-3,8-10H2,(H,18,19). The van der Waals surface area contributed by atoms with Crippen LogP contribution in [0.15, 0.2) is 24.3 Å². The Morgan fingerprint density at radius 1 is 1.33 bits per heavy atom. The molecule has 1 heterocycles. The maximum absolute atomic E-state index is 13.0. The molecule has 0 spiro atoms. The lowest BCUT2D eigenvalue weighted by molar-refractivity contribution is -0.138. The Labute approximate surface area is 128 Å². The Kier molecular flexibility index (Phi) is 4.22. The van der Waals surface area contributed by atoms with Crippen molar-refractivity contribution < 1.29 is 14.3 Å². The first-order chi connectivity index (χ1) is 10.1. The molecule has 0 bridgehead atoms. The first kappa shape index (κ1) is 14.9. The molecule has 3 unspecified atom stereocenters. The van der Waals surface area contributed by atoms with E-state index in [1.807, 2.05) is 0 Å². The second-order valence-electron chi connectivity index (χ2n) is 6.00. The number of hydrogen-bond donors (Lipinski definition) is 2. The lowest BCUT2D eigenvalue weighted by Gasteiger charge is -2.27. The van der Waals surface area contributed by atoms with Gasteiger partial charge in [0, 0.05) is 17.7 Å². The van der Waals surface area contributed by atoms with Crippen molar-refractivity contribution in [3.05, 3.63) is 35.6 Å². The van der Waals surface area contributed by atoms with Crippen molar-refractivity contribution >= 4 is 17.7 Å². The van der Waals surface area contributed by atoms with E-state index in [4.69, 9.17) is 0 Å². The van der Waals surface area contributed by atoms with Crippen molar-refractivity contribution in [2.75, 3.05) is 11.5 Å². The summed E-state index contributed by atoms with van der Waals surface area (Å²) in [5.41, 5.74) is -0.146. The van der Waals surface area contributed by atoms with Gasteiger partial charge in [-0.3, -0.25) is 4.79 Å². The molecule has 114 valence electrons. The molecule has 2 fully saturated rings. The second kappa shape index (κ2) is 5.97. The first-order valence-corrected chi connectivity index (χ1v) is 8.60. The predicted octanol–water partition coefficient (Wildman–Crippen LogP) is 2.45. The molecule has 1 amide bonds. The molecular weight excluding hydrogens is 289 g/mol. The fourth-order valence-corrected chi connectivity index (χ4v) is 4.52. The summed E-state index contributed by atoms with van der Waals surface area (Å²) >= 11 is 1.61. The number of thioether (sulfide) groups is 1. The molecule has 1 aliphatic heterocycles. The van der Waals surface area contributed by atoms with E-state index in [0.717, 1.165) is 30.6 Å². The van der Waals surface area contributed by atoms with E-state index in [0.29, 0.717) is 12.2 Å². The van der Waals surface area contributed by atoms with Gasteiger partial charge in [0.05, 0.1) is 0 Å². The maximum Gasteiger partial charge on any atom is 0.253 e. The normalized spacial score (nSPS) is 32.3. The van der Waals surface area contributed by atoms with Crippen LogP contribution in [-0.4, -0.2) is 34.2 Å². The molecule has 2 N–H and O–H groups in total. The maximum atomic E-state index is 13.0. The monoisotopic (exact) mass is 309 g/mol. The molecule has 1 aliphatic carbocycles. The summed E-state index contributed by atoms with van der Waals surface area (Å²) in [5.74, 6) is 1.04. The summed E-state index contributed by atoms with van der Waals surface area (Å²) < 4.78 is 13.0. The van der Waals surface area contributed by atoms with Crippen LogP contribution in [0.2, 0.25) is 0 Å². The van der Waals surface area contributed by atoms with Crippen LogP contribution in [0.5, 0.6) is 0 Å². The molecule has 3 nitrogen and oxygen atoms in total. The third kappa shape index (κ3) is 3.09. The minimum absolute atomic E-state index is 0.0394. The summed E-state index contributed by atoms with van der Waals surface area (Å²) in [6.45, 7) is 0. The zero-order chi connectivity index (χ0) is 14.9. The van der Waals surface area contributed by atoms with E-state index < -0.39 is 5.60 Å². The van der Waals surface area contributed by atoms with Crippen LogP contribution < -0.4 is 5.32 Å². The number of aliphatic hydroxyl groups is 1. The van der Waals surface area contributed by atoms with Gasteiger partial charge in [-0.2, -0.15) is 11.8 Å². The van der Waals surface area contributed by atoms with Gasteiger partial charge in [0.25, 0.3) is 5.91 Å². The van der Waals surface area contributed by atoms with Gasteiger partial charge in [0.2, 0.25) is 0 Å². The van der Waals surface area contributed by atoms with Crippen LogP contribution in [0.4, 0.5) is 4.39 Å².